The van der Waals surface area contributed by atoms with Crippen molar-refractivity contribution in [3.05, 3.63) is 29.8 Å². The van der Waals surface area contributed by atoms with Crippen molar-refractivity contribution in [2.24, 2.45) is 0 Å². The molecule has 2 nitrogen and oxygen atoms in total. The van der Waals surface area contributed by atoms with E-state index in [1.54, 1.807) is 12.1 Å². The lowest BCUT2D eigenvalue weighted by Gasteiger charge is -2.37. The maximum absolute atomic E-state index is 9.27. The fraction of sp³-hybridized carbons (Fsp3) is 0.625. The van der Waals surface area contributed by atoms with E-state index < -0.39 is 0 Å². The van der Waals surface area contributed by atoms with Gasteiger partial charge in [0.2, 0.25) is 0 Å². The minimum Gasteiger partial charge on any atom is -0.508 e. The van der Waals surface area contributed by atoms with Gasteiger partial charge in [0.15, 0.2) is 0 Å². The van der Waals surface area contributed by atoms with Crippen LogP contribution in [0.1, 0.15) is 57.4 Å². The van der Waals surface area contributed by atoms with Gasteiger partial charge in [-0.2, -0.15) is 0 Å². The molecule has 1 N–H and O–H groups in total. The Balaban J connectivity index is 1.94. The average molecular weight is 248 g/mol. The molecule has 0 atom stereocenters. The lowest BCUT2D eigenvalue weighted by atomic mass is 9.81. The van der Waals surface area contributed by atoms with Crippen molar-refractivity contribution in [3.63, 3.8) is 0 Å². The molecule has 1 aliphatic rings. The van der Waals surface area contributed by atoms with Crippen LogP contribution in [0.5, 0.6) is 5.75 Å². The second-order valence-electron chi connectivity index (χ2n) is 5.45. The van der Waals surface area contributed by atoms with Gasteiger partial charge in [-0.15, -0.1) is 0 Å². The molecule has 0 spiro atoms. The van der Waals surface area contributed by atoms with Crippen LogP contribution in [-0.4, -0.2) is 10.7 Å². The third-order valence-corrected chi connectivity index (χ3v) is 3.95. The van der Waals surface area contributed by atoms with Gasteiger partial charge in [-0.3, -0.25) is 0 Å². The molecule has 2 heteroatoms. The van der Waals surface area contributed by atoms with Crippen molar-refractivity contribution >= 4 is 0 Å². The maximum atomic E-state index is 9.27. The smallest absolute Gasteiger partial charge is 0.115 e. The maximum Gasteiger partial charge on any atom is 0.115 e. The minimum absolute atomic E-state index is 0.116. The molecule has 0 saturated heterocycles. The molecule has 18 heavy (non-hydrogen) atoms. The zero-order valence-electron chi connectivity index (χ0n) is 11.3. The molecule has 0 unspecified atom stereocenters. The Morgan fingerprint density at radius 3 is 2.39 bits per heavy atom. The van der Waals surface area contributed by atoms with Gasteiger partial charge < -0.3 is 9.84 Å². The molecule has 1 saturated carbocycles. The largest absolute Gasteiger partial charge is 0.508 e. The van der Waals surface area contributed by atoms with Crippen molar-refractivity contribution in [1.82, 2.24) is 0 Å². The van der Waals surface area contributed by atoms with Crippen LogP contribution in [-0.2, 0) is 11.3 Å². The Kier molecular flexibility index (Phi) is 4.65. The Morgan fingerprint density at radius 2 is 1.78 bits per heavy atom. The molecular weight excluding hydrogens is 224 g/mol. The molecule has 0 aliphatic heterocycles. The van der Waals surface area contributed by atoms with Crippen LogP contribution >= 0.6 is 0 Å². The first-order chi connectivity index (χ1) is 8.74. The van der Waals surface area contributed by atoms with Crippen LogP contribution < -0.4 is 0 Å². The van der Waals surface area contributed by atoms with Crippen molar-refractivity contribution in [1.29, 1.82) is 0 Å². The first-order valence-electron chi connectivity index (χ1n) is 7.16. The number of phenolic OH excluding ortho intramolecular Hbond substituents is 1. The van der Waals surface area contributed by atoms with Crippen LogP contribution in [0.3, 0.4) is 0 Å². The summed E-state index contributed by atoms with van der Waals surface area (Å²) < 4.78 is 6.26. The predicted molar refractivity (Wildman–Crippen MR) is 73.6 cm³/mol. The Hall–Kier alpha value is -1.02. The van der Waals surface area contributed by atoms with Crippen molar-refractivity contribution < 1.29 is 9.84 Å². The van der Waals surface area contributed by atoms with E-state index in [0.29, 0.717) is 12.4 Å². The summed E-state index contributed by atoms with van der Waals surface area (Å²) in [5, 5.41) is 9.27. The average Bonchev–Trinajstić information content (AvgIpc) is 2.40. The zero-order chi connectivity index (χ0) is 12.8. The van der Waals surface area contributed by atoms with Gasteiger partial charge >= 0.3 is 0 Å². The van der Waals surface area contributed by atoms with Gasteiger partial charge in [0.1, 0.15) is 5.75 Å². The standard InChI is InChI=1S/C16H24O2/c1-2-10-16(11-4-3-5-12-16)18-13-14-6-8-15(17)9-7-14/h6-9,17H,2-5,10-13H2,1H3. The molecular formula is C16H24O2. The topological polar surface area (TPSA) is 29.5 Å². The summed E-state index contributed by atoms with van der Waals surface area (Å²) in [4.78, 5) is 0. The lowest BCUT2D eigenvalue weighted by Crippen LogP contribution is -2.34. The molecule has 0 amide bonds. The number of hydrogen-bond acceptors (Lipinski definition) is 2. The molecule has 1 aromatic carbocycles. The Labute approximate surface area is 110 Å². The van der Waals surface area contributed by atoms with E-state index in [2.05, 4.69) is 6.92 Å². The quantitative estimate of drug-likeness (QED) is 0.836. The van der Waals surface area contributed by atoms with Crippen molar-refractivity contribution in [2.75, 3.05) is 0 Å². The molecule has 1 aliphatic carbocycles. The van der Waals surface area contributed by atoms with E-state index in [9.17, 15) is 5.11 Å². The molecule has 1 fully saturated rings. The summed E-state index contributed by atoms with van der Waals surface area (Å²) in [5.41, 5.74) is 1.26. The fourth-order valence-electron chi connectivity index (χ4n) is 2.95. The van der Waals surface area contributed by atoms with Crippen LogP contribution in [0.2, 0.25) is 0 Å². The van der Waals surface area contributed by atoms with Crippen LogP contribution in [0.25, 0.3) is 0 Å². The molecule has 0 aromatic heterocycles. The van der Waals surface area contributed by atoms with Crippen LogP contribution in [0, 0.1) is 0 Å². The highest BCUT2D eigenvalue weighted by Crippen LogP contribution is 2.36. The van der Waals surface area contributed by atoms with Crippen LogP contribution in [0.4, 0.5) is 0 Å². The molecule has 0 heterocycles. The summed E-state index contributed by atoms with van der Waals surface area (Å²) in [6, 6.07) is 7.34. The molecule has 1 aromatic rings. The summed E-state index contributed by atoms with van der Waals surface area (Å²) in [6.45, 7) is 2.90. The lowest BCUT2D eigenvalue weighted by molar-refractivity contribution is -0.0861. The second-order valence-corrected chi connectivity index (χ2v) is 5.45. The number of benzene rings is 1. The highest BCUT2D eigenvalue weighted by molar-refractivity contribution is 5.25. The van der Waals surface area contributed by atoms with Gasteiger partial charge in [0, 0.05) is 0 Å². The van der Waals surface area contributed by atoms with E-state index in [4.69, 9.17) is 4.74 Å². The minimum atomic E-state index is 0.116. The van der Waals surface area contributed by atoms with E-state index in [0.717, 1.165) is 5.56 Å². The van der Waals surface area contributed by atoms with Gasteiger partial charge in [0.05, 0.1) is 12.2 Å². The van der Waals surface area contributed by atoms with E-state index in [-0.39, 0.29) is 5.60 Å². The summed E-state index contributed by atoms with van der Waals surface area (Å²) >= 11 is 0. The zero-order valence-corrected chi connectivity index (χ0v) is 11.3. The van der Waals surface area contributed by atoms with Crippen LogP contribution in [0.15, 0.2) is 24.3 Å². The number of aromatic hydroxyl groups is 1. The first kappa shape index (κ1) is 13.4. The third-order valence-electron chi connectivity index (χ3n) is 3.95. The monoisotopic (exact) mass is 248 g/mol. The van der Waals surface area contributed by atoms with Gasteiger partial charge in [-0.1, -0.05) is 44.7 Å². The summed E-state index contributed by atoms with van der Waals surface area (Å²) in [5.74, 6) is 0.319. The number of rotatable bonds is 5. The van der Waals surface area contributed by atoms with E-state index in [1.165, 1.54) is 44.9 Å². The molecule has 2 rings (SSSR count). The van der Waals surface area contributed by atoms with E-state index in [1.807, 2.05) is 12.1 Å². The van der Waals surface area contributed by atoms with Gasteiger partial charge in [-0.05, 0) is 37.0 Å². The fourth-order valence-corrected chi connectivity index (χ4v) is 2.95. The van der Waals surface area contributed by atoms with Gasteiger partial charge in [0.25, 0.3) is 0 Å². The number of phenols is 1. The summed E-state index contributed by atoms with van der Waals surface area (Å²) in [7, 11) is 0. The Morgan fingerprint density at radius 1 is 1.11 bits per heavy atom. The second kappa shape index (κ2) is 6.24. The SMILES string of the molecule is CCCC1(OCc2ccc(O)cc2)CCCCC1. The number of hydrogen-bond donors (Lipinski definition) is 1. The highest BCUT2D eigenvalue weighted by atomic mass is 16.5. The first-order valence-corrected chi connectivity index (χ1v) is 7.16. The molecule has 0 bridgehead atoms. The third kappa shape index (κ3) is 3.49. The van der Waals surface area contributed by atoms with E-state index >= 15 is 0 Å². The summed E-state index contributed by atoms with van der Waals surface area (Å²) in [6.07, 6.45) is 8.73. The highest BCUT2D eigenvalue weighted by Gasteiger charge is 2.31. The Bertz CT molecular complexity index is 344. The molecule has 0 radical (unpaired) electrons. The number of ether oxygens (including phenoxy) is 1. The van der Waals surface area contributed by atoms with Gasteiger partial charge in [-0.25, -0.2) is 0 Å². The predicted octanol–water partition coefficient (Wildman–Crippen LogP) is 4.41. The van der Waals surface area contributed by atoms with Crippen molar-refractivity contribution in [3.8, 4) is 5.75 Å². The normalized spacial score (nSPS) is 18.7. The molecule has 100 valence electrons. The van der Waals surface area contributed by atoms with Crippen molar-refractivity contribution in [2.45, 2.75) is 64.1 Å².